The second-order valence-corrected chi connectivity index (χ2v) is 4.48. The van der Waals surface area contributed by atoms with Crippen LogP contribution in [-0.2, 0) is 6.42 Å². The third-order valence-corrected chi connectivity index (χ3v) is 3.20. The molecule has 1 aromatic heterocycles. The summed E-state index contributed by atoms with van der Waals surface area (Å²) in [5.74, 6) is 1.70. The molecule has 0 bridgehead atoms. The smallest absolute Gasteiger partial charge is 0.196 e. The Bertz CT molecular complexity index is 472. The molecule has 3 nitrogen and oxygen atoms in total. The van der Waals surface area contributed by atoms with E-state index in [1.807, 2.05) is 36.5 Å². The van der Waals surface area contributed by atoms with Crippen LogP contribution in [0.4, 0.5) is 0 Å². The highest BCUT2D eigenvalue weighted by molar-refractivity contribution is 5.55. The first-order chi connectivity index (χ1) is 8.42. The molecule has 1 aromatic carbocycles. The lowest BCUT2D eigenvalue weighted by atomic mass is 10.2. The Morgan fingerprint density at radius 2 is 2.18 bits per heavy atom. The van der Waals surface area contributed by atoms with Gasteiger partial charge in [0.1, 0.15) is 0 Å². The number of benzene rings is 1. The summed E-state index contributed by atoms with van der Waals surface area (Å²) in [6.07, 6.45) is 5.20. The van der Waals surface area contributed by atoms with Crippen LogP contribution in [-0.4, -0.2) is 17.6 Å². The van der Waals surface area contributed by atoms with Gasteiger partial charge in [0, 0.05) is 18.0 Å². The summed E-state index contributed by atoms with van der Waals surface area (Å²) in [4.78, 5) is 4.35. The summed E-state index contributed by atoms with van der Waals surface area (Å²) >= 11 is 0. The number of hydrogen-bond acceptors (Lipinski definition) is 3. The van der Waals surface area contributed by atoms with Crippen LogP contribution in [0.2, 0.25) is 0 Å². The van der Waals surface area contributed by atoms with Crippen molar-refractivity contribution in [2.45, 2.75) is 25.3 Å². The van der Waals surface area contributed by atoms with E-state index in [9.17, 15) is 0 Å². The van der Waals surface area contributed by atoms with Crippen LogP contribution < -0.4 is 5.32 Å². The summed E-state index contributed by atoms with van der Waals surface area (Å²) in [5, 5.41) is 3.45. The Hall–Kier alpha value is -1.61. The molecule has 0 amide bonds. The molecule has 0 spiro atoms. The molecule has 0 saturated carbocycles. The highest BCUT2D eigenvalue weighted by atomic mass is 16.4. The lowest BCUT2D eigenvalue weighted by molar-refractivity contribution is 0.464. The molecule has 17 heavy (non-hydrogen) atoms. The maximum Gasteiger partial charge on any atom is 0.196 e. The molecule has 3 rings (SSSR count). The number of aromatic nitrogens is 1. The molecule has 1 unspecified atom stereocenters. The van der Waals surface area contributed by atoms with Crippen molar-refractivity contribution in [3.05, 3.63) is 42.4 Å². The van der Waals surface area contributed by atoms with Gasteiger partial charge in [-0.05, 0) is 19.4 Å². The maximum atomic E-state index is 5.78. The Kier molecular flexibility index (Phi) is 2.92. The lowest BCUT2D eigenvalue weighted by Crippen LogP contribution is -2.23. The van der Waals surface area contributed by atoms with E-state index >= 15 is 0 Å². The van der Waals surface area contributed by atoms with Crippen LogP contribution in [0.15, 0.2) is 40.9 Å². The molecule has 2 heterocycles. The molecule has 1 saturated heterocycles. The van der Waals surface area contributed by atoms with Gasteiger partial charge in [0.15, 0.2) is 11.7 Å². The van der Waals surface area contributed by atoms with Crippen molar-refractivity contribution in [2.75, 3.05) is 6.54 Å². The van der Waals surface area contributed by atoms with Gasteiger partial charge >= 0.3 is 0 Å². The fourth-order valence-electron chi connectivity index (χ4n) is 2.28. The van der Waals surface area contributed by atoms with Crippen molar-refractivity contribution in [1.82, 2.24) is 10.3 Å². The molecule has 2 aromatic rings. The van der Waals surface area contributed by atoms with E-state index in [2.05, 4.69) is 10.3 Å². The first kappa shape index (κ1) is 10.5. The summed E-state index contributed by atoms with van der Waals surface area (Å²) in [6, 6.07) is 10.6. The summed E-state index contributed by atoms with van der Waals surface area (Å²) in [6.45, 7) is 1.12. The standard InChI is InChI=1S/C14H16N2O/c1-2-5-11(6-3-1)13-10-16-14(17-13)9-12-7-4-8-15-12/h1-3,5-6,10,12,15H,4,7-9H2. The number of nitrogens with zero attached hydrogens (tertiary/aromatic N) is 1. The normalized spacial score (nSPS) is 19.6. The first-order valence-electron chi connectivity index (χ1n) is 6.15. The lowest BCUT2D eigenvalue weighted by Gasteiger charge is -2.05. The van der Waals surface area contributed by atoms with Crippen LogP contribution in [0.25, 0.3) is 11.3 Å². The minimum absolute atomic E-state index is 0.539. The predicted molar refractivity (Wildman–Crippen MR) is 66.7 cm³/mol. The van der Waals surface area contributed by atoms with Crippen molar-refractivity contribution in [2.24, 2.45) is 0 Å². The average molecular weight is 228 g/mol. The number of oxazole rings is 1. The third kappa shape index (κ3) is 2.39. The predicted octanol–water partition coefficient (Wildman–Crippen LogP) is 2.64. The monoisotopic (exact) mass is 228 g/mol. The van der Waals surface area contributed by atoms with Gasteiger partial charge in [0.05, 0.1) is 6.20 Å². The van der Waals surface area contributed by atoms with Gasteiger partial charge in [-0.3, -0.25) is 0 Å². The van der Waals surface area contributed by atoms with E-state index in [1.54, 1.807) is 0 Å². The van der Waals surface area contributed by atoms with Gasteiger partial charge in [0.25, 0.3) is 0 Å². The molecule has 0 aliphatic carbocycles. The highest BCUT2D eigenvalue weighted by Gasteiger charge is 2.17. The molecule has 1 aliphatic rings. The molecular formula is C14H16N2O. The molecule has 0 radical (unpaired) electrons. The second kappa shape index (κ2) is 4.72. The minimum atomic E-state index is 0.539. The number of hydrogen-bond donors (Lipinski definition) is 1. The van der Waals surface area contributed by atoms with Crippen LogP contribution in [0.1, 0.15) is 18.7 Å². The van der Waals surface area contributed by atoms with E-state index in [4.69, 9.17) is 4.42 Å². The fourth-order valence-corrected chi connectivity index (χ4v) is 2.28. The van der Waals surface area contributed by atoms with E-state index in [1.165, 1.54) is 12.8 Å². The zero-order valence-electron chi connectivity index (χ0n) is 9.73. The van der Waals surface area contributed by atoms with Crippen molar-refractivity contribution >= 4 is 0 Å². The zero-order valence-corrected chi connectivity index (χ0v) is 9.73. The fraction of sp³-hybridized carbons (Fsp3) is 0.357. The third-order valence-electron chi connectivity index (χ3n) is 3.20. The highest BCUT2D eigenvalue weighted by Crippen LogP contribution is 2.21. The quantitative estimate of drug-likeness (QED) is 0.877. The average Bonchev–Trinajstić information content (AvgIpc) is 3.02. The second-order valence-electron chi connectivity index (χ2n) is 4.48. The van der Waals surface area contributed by atoms with Crippen molar-refractivity contribution in [3.8, 4) is 11.3 Å². The summed E-state index contributed by atoms with van der Waals surface area (Å²) in [5.41, 5.74) is 1.09. The van der Waals surface area contributed by atoms with Gasteiger partial charge < -0.3 is 9.73 Å². The molecular weight excluding hydrogens is 212 g/mol. The van der Waals surface area contributed by atoms with Crippen LogP contribution in [0.3, 0.4) is 0 Å². The largest absolute Gasteiger partial charge is 0.441 e. The molecule has 1 N–H and O–H groups in total. The summed E-state index contributed by atoms with van der Waals surface area (Å²) < 4.78 is 5.78. The van der Waals surface area contributed by atoms with Gasteiger partial charge in [-0.2, -0.15) is 0 Å². The molecule has 3 heteroatoms. The van der Waals surface area contributed by atoms with Gasteiger partial charge in [-0.15, -0.1) is 0 Å². The van der Waals surface area contributed by atoms with Crippen molar-refractivity contribution in [1.29, 1.82) is 0 Å². The minimum Gasteiger partial charge on any atom is -0.441 e. The first-order valence-corrected chi connectivity index (χ1v) is 6.15. The van der Waals surface area contributed by atoms with Gasteiger partial charge in [-0.1, -0.05) is 30.3 Å². The van der Waals surface area contributed by atoms with Gasteiger partial charge in [0.2, 0.25) is 0 Å². The van der Waals surface area contributed by atoms with Crippen molar-refractivity contribution in [3.63, 3.8) is 0 Å². The topological polar surface area (TPSA) is 38.1 Å². The Morgan fingerprint density at radius 3 is 2.94 bits per heavy atom. The maximum absolute atomic E-state index is 5.78. The molecule has 1 fully saturated rings. The van der Waals surface area contributed by atoms with Crippen LogP contribution in [0, 0.1) is 0 Å². The Labute approximate surface area is 101 Å². The SMILES string of the molecule is c1ccc(-c2cnc(CC3CCCN3)o2)cc1. The number of rotatable bonds is 3. The van der Waals surface area contributed by atoms with Crippen LogP contribution >= 0.6 is 0 Å². The van der Waals surface area contributed by atoms with Crippen molar-refractivity contribution < 1.29 is 4.42 Å². The van der Waals surface area contributed by atoms with Crippen LogP contribution in [0.5, 0.6) is 0 Å². The molecule has 1 atom stereocenters. The van der Waals surface area contributed by atoms with Gasteiger partial charge in [-0.25, -0.2) is 4.98 Å². The van der Waals surface area contributed by atoms with E-state index in [0.29, 0.717) is 6.04 Å². The van der Waals surface area contributed by atoms with E-state index in [0.717, 1.165) is 30.2 Å². The van der Waals surface area contributed by atoms with E-state index < -0.39 is 0 Å². The molecule has 88 valence electrons. The number of nitrogens with one attached hydrogen (secondary N) is 1. The summed E-state index contributed by atoms with van der Waals surface area (Å²) in [7, 11) is 0. The zero-order chi connectivity index (χ0) is 11.5. The molecule has 1 aliphatic heterocycles. The Balaban J connectivity index is 1.74. The Morgan fingerprint density at radius 1 is 1.29 bits per heavy atom. The van der Waals surface area contributed by atoms with E-state index in [-0.39, 0.29) is 0 Å².